The fourth-order valence-electron chi connectivity index (χ4n) is 8.98. The zero-order chi connectivity index (χ0) is 54.9. The van der Waals surface area contributed by atoms with Crippen molar-refractivity contribution in [1.29, 1.82) is 5.26 Å². The van der Waals surface area contributed by atoms with Gasteiger partial charge in [-0.05, 0) is 120 Å². The SMILES string of the molecule is Cc1cc(N(C(=O)OC(C(=O)Nc2cc(NS(=O)(=O)c3ccc(NS(C)(=O)=O)cc3NS(C)(=O)=O)ccc2Cl)C(=O)C(C)(C)C)C2CCCC2)ccc1/C=C(\C#N)c1nc2cc(C(C)(C)CC(C)(C)C)ccc2o1. The number of amides is 2. The van der Waals surface area contributed by atoms with Gasteiger partial charge in [0, 0.05) is 17.1 Å². The number of allylic oxidation sites excluding steroid dienone is 1. The normalized spacial score (nSPS) is 14.5. The van der Waals surface area contributed by atoms with Gasteiger partial charge in [-0.15, -0.1) is 0 Å². The number of hydrogen-bond donors (Lipinski definition) is 4. The van der Waals surface area contributed by atoms with Gasteiger partial charge in [0.1, 0.15) is 22.1 Å². The molecule has 1 unspecified atom stereocenters. The van der Waals surface area contributed by atoms with Gasteiger partial charge in [-0.1, -0.05) is 92.0 Å². The summed E-state index contributed by atoms with van der Waals surface area (Å²) in [7, 11) is -12.6. The quantitative estimate of drug-likeness (QED) is 0.0499. The highest BCUT2D eigenvalue weighted by atomic mass is 35.5. The number of rotatable bonds is 17. The Labute approximate surface area is 438 Å². The highest BCUT2D eigenvalue weighted by molar-refractivity contribution is 7.93. The molecule has 5 aromatic rings. The number of nitriles is 1. The molecule has 0 spiro atoms. The summed E-state index contributed by atoms with van der Waals surface area (Å²) in [6.07, 6.45) is 4.07. The fourth-order valence-corrected chi connectivity index (χ4v) is 11.5. The highest BCUT2D eigenvalue weighted by Crippen LogP contribution is 2.39. The van der Waals surface area contributed by atoms with Crippen LogP contribution in [-0.2, 0) is 49.8 Å². The summed E-state index contributed by atoms with van der Waals surface area (Å²) in [6, 6.07) is 19.7. The number of sulfonamides is 3. The molecule has 1 saturated carbocycles. The zero-order valence-electron chi connectivity index (χ0n) is 43.1. The van der Waals surface area contributed by atoms with Crippen LogP contribution in [0.5, 0.6) is 0 Å². The maximum atomic E-state index is 14.5. The van der Waals surface area contributed by atoms with Crippen molar-refractivity contribution >= 4 is 111 Å². The van der Waals surface area contributed by atoms with Crippen molar-refractivity contribution in [2.45, 2.75) is 117 Å². The van der Waals surface area contributed by atoms with Crippen LogP contribution < -0.4 is 24.4 Å². The first-order valence-corrected chi connectivity index (χ1v) is 29.2. The smallest absolute Gasteiger partial charge is 0.415 e. The minimum Gasteiger partial charge on any atom is -0.435 e. The van der Waals surface area contributed by atoms with Crippen molar-refractivity contribution in [1.82, 2.24) is 4.98 Å². The summed E-state index contributed by atoms with van der Waals surface area (Å²) in [5.41, 5.74) is 1.98. The Balaban J connectivity index is 1.26. The molecule has 1 fully saturated rings. The van der Waals surface area contributed by atoms with E-state index in [0.29, 0.717) is 40.8 Å². The Morgan fingerprint density at radius 3 is 2.05 bits per heavy atom. The minimum atomic E-state index is -4.65. The van der Waals surface area contributed by atoms with E-state index >= 15 is 0 Å². The van der Waals surface area contributed by atoms with Crippen molar-refractivity contribution in [3.63, 3.8) is 0 Å². The number of Topliss-reactive ketones (excluding diaryl/α,β-unsaturated/α-hetero) is 1. The number of carbonyl (C=O) groups excluding carboxylic acids is 3. The van der Waals surface area contributed by atoms with Gasteiger partial charge in [0.05, 0.1) is 40.3 Å². The second-order valence-corrected chi connectivity index (χ2v) is 27.0. The lowest BCUT2D eigenvalue weighted by atomic mass is 9.72. The van der Waals surface area contributed by atoms with Crippen LogP contribution in [0.1, 0.15) is 110 Å². The average Bonchev–Trinajstić information content (AvgIpc) is 3.94. The molecule has 1 atom stereocenters. The van der Waals surface area contributed by atoms with Crippen LogP contribution >= 0.6 is 11.6 Å². The lowest BCUT2D eigenvalue weighted by molar-refractivity contribution is -0.142. The number of hydrogen-bond acceptors (Lipinski definition) is 13. The summed E-state index contributed by atoms with van der Waals surface area (Å²) < 4.78 is 94.2. The lowest BCUT2D eigenvalue weighted by Crippen LogP contribution is -2.48. The second kappa shape index (κ2) is 21.4. The summed E-state index contributed by atoms with van der Waals surface area (Å²) >= 11 is 6.50. The molecule has 2 amide bonds. The van der Waals surface area contributed by atoms with Crippen molar-refractivity contribution in [3.05, 3.63) is 100 Å². The number of benzene rings is 4. The molecule has 74 heavy (non-hydrogen) atoms. The monoisotopic (exact) mass is 1090 g/mol. The van der Waals surface area contributed by atoms with Crippen molar-refractivity contribution in [2.75, 3.05) is 36.9 Å². The number of anilines is 5. The third kappa shape index (κ3) is 14.4. The molecule has 18 nitrogen and oxygen atoms in total. The molecule has 0 saturated heterocycles. The van der Waals surface area contributed by atoms with Crippen molar-refractivity contribution in [2.24, 2.45) is 10.8 Å². The molecule has 0 radical (unpaired) electrons. The van der Waals surface area contributed by atoms with Crippen LogP contribution in [0.15, 0.2) is 82.1 Å². The van der Waals surface area contributed by atoms with E-state index in [2.05, 4.69) is 60.2 Å². The van der Waals surface area contributed by atoms with E-state index in [4.69, 9.17) is 25.7 Å². The molecule has 22 heteroatoms. The van der Waals surface area contributed by atoms with Gasteiger partial charge in [-0.25, -0.2) is 35.0 Å². The molecule has 0 aliphatic heterocycles. The molecule has 6 rings (SSSR count). The molecule has 1 aliphatic carbocycles. The van der Waals surface area contributed by atoms with E-state index in [-0.39, 0.29) is 50.4 Å². The van der Waals surface area contributed by atoms with E-state index in [1.54, 1.807) is 45.0 Å². The van der Waals surface area contributed by atoms with Crippen molar-refractivity contribution < 1.29 is 48.8 Å². The number of ketones is 1. The highest BCUT2D eigenvalue weighted by Gasteiger charge is 2.41. The maximum Gasteiger partial charge on any atom is 0.415 e. The van der Waals surface area contributed by atoms with Gasteiger partial charge in [-0.2, -0.15) is 5.26 Å². The first-order valence-electron chi connectivity index (χ1n) is 23.5. The topological polar surface area (TPSA) is 264 Å². The summed E-state index contributed by atoms with van der Waals surface area (Å²) in [5, 5.41) is 12.7. The Kier molecular flexibility index (Phi) is 16.4. The van der Waals surface area contributed by atoms with Crippen LogP contribution in [-0.4, -0.2) is 72.7 Å². The summed E-state index contributed by atoms with van der Waals surface area (Å²) in [6.45, 7) is 17.5. The number of halogens is 1. The fraction of sp³-hybridized carbons (Fsp3) is 0.404. The number of aryl methyl sites for hydroxylation is 1. The summed E-state index contributed by atoms with van der Waals surface area (Å²) in [5.74, 6) is -1.70. The predicted octanol–water partition coefficient (Wildman–Crippen LogP) is 10.6. The number of nitrogens with zero attached hydrogens (tertiary/aromatic N) is 3. The average molecular weight is 1090 g/mol. The van der Waals surface area contributed by atoms with Crippen LogP contribution in [0.3, 0.4) is 0 Å². The van der Waals surface area contributed by atoms with Crippen LogP contribution in [0.4, 0.5) is 33.2 Å². The van der Waals surface area contributed by atoms with E-state index in [9.17, 15) is 44.9 Å². The number of oxazole rings is 1. The Hall–Kier alpha value is -6.47. The van der Waals surface area contributed by atoms with Crippen LogP contribution in [0.25, 0.3) is 22.7 Å². The Bertz CT molecular complexity index is 3440. The second-order valence-electron chi connectivity index (χ2n) is 21.5. The van der Waals surface area contributed by atoms with Gasteiger partial charge in [0.25, 0.3) is 15.9 Å². The third-order valence-electron chi connectivity index (χ3n) is 12.0. The van der Waals surface area contributed by atoms with E-state index in [0.717, 1.165) is 61.6 Å². The first-order chi connectivity index (χ1) is 34.1. The molecule has 1 aliphatic rings. The van der Waals surface area contributed by atoms with E-state index in [1.807, 2.05) is 25.1 Å². The van der Waals surface area contributed by atoms with Gasteiger partial charge in [0.2, 0.25) is 32.0 Å². The first kappa shape index (κ1) is 56.8. The summed E-state index contributed by atoms with van der Waals surface area (Å²) in [4.78, 5) is 48.3. The number of ether oxygens (including phenoxy) is 1. The lowest BCUT2D eigenvalue weighted by Gasteiger charge is -2.32. The van der Waals surface area contributed by atoms with E-state index < -0.39 is 70.0 Å². The predicted molar refractivity (Wildman–Crippen MR) is 290 cm³/mol. The van der Waals surface area contributed by atoms with Gasteiger partial charge in [-0.3, -0.25) is 28.7 Å². The molecule has 1 aromatic heterocycles. The van der Waals surface area contributed by atoms with Crippen molar-refractivity contribution in [3.8, 4) is 6.07 Å². The Morgan fingerprint density at radius 1 is 0.838 bits per heavy atom. The van der Waals surface area contributed by atoms with Crippen LogP contribution in [0, 0.1) is 29.1 Å². The van der Waals surface area contributed by atoms with Gasteiger partial charge >= 0.3 is 6.09 Å². The maximum absolute atomic E-state index is 14.5. The standard InChI is InChI=1S/C52H62ClN7O11S3/c1-31-24-38(20-16-32(31)25-33(29-54)48-56-41-26-34(17-22-43(41)70-48)52(8,9)30-50(2,3)4)60(37-14-12-13-15-37)49(63)71-45(46(61)51(5,6)7)47(62)55-40-27-36(18-21-39(40)53)58-74(68,69)44-23-19-35(57-72(10,64)65)28-42(44)59-73(11,66)67/h16-28,37,45,57-59H,12-15,30H2,1-11H3,(H,55,62)/b33-25+. The van der Waals surface area contributed by atoms with Gasteiger partial charge < -0.3 is 14.5 Å². The Morgan fingerprint density at radius 2 is 1.46 bits per heavy atom. The molecule has 1 heterocycles. The molecule has 4 aromatic carbocycles. The van der Waals surface area contributed by atoms with Gasteiger partial charge in [0.15, 0.2) is 11.4 Å². The van der Waals surface area contributed by atoms with Crippen LogP contribution in [0.2, 0.25) is 5.02 Å². The molecular weight excluding hydrogens is 1030 g/mol. The molecular formula is C52H62ClN7O11S3. The number of carbonyl (C=O) groups is 3. The molecule has 4 N–H and O–H groups in total. The third-order valence-corrected chi connectivity index (χ3v) is 15.0. The number of aromatic nitrogens is 1. The largest absolute Gasteiger partial charge is 0.435 e. The van der Waals surface area contributed by atoms with E-state index in [1.165, 1.54) is 17.0 Å². The number of nitrogens with one attached hydrogen (secondary N) is 4. The minimum absolute atomic E-state index is 0.0946. The molecule has 396 valence electrons. The number of fused-ring (bicyclic) bond motifs is 1. The zero-order valence-corrected chi connectivity index (χ0v) is 46.3. The molecule has 0 bridgehead atoms.